The van der Waals surface area contributed by atoms with E-state index in [2.05, 4.69) is 11.5 Å². The van der Waals surface area contributed by atoms with Gasteiger partial charge in [0.15, 0.2) is 0 Å². The first-order chi connectivity index (χ1) is 10.1. The highest BCUT2D eigenvalue weighted by atomic mass is 28.4. The van der Waals surface area contributed by atoms with Crippen LogP contribution in [0.2, 0.25) is 12.6 Å². The van der Waals surface area contributed by atoms with E-state index in [1.165, 1.54) is 0 Å². The van der Waals surface area contributed by atoms with E-state index in [9.17, 15) is 4.79 Å². The fraction of sp³-hybridized carbons (Fsp3) is 0.600. The molecule has 0 aliphatic carbocycles. The average Bonchev–Trinajstić information content (AvgIpc) is 2.45. The fourth-order valence-corrected chi connectivity index (χ4v) is 4.46. The zero-order chi connectivity index (χ0) is 15.6. The van der Waals surface area contributed by atoms with Crippen LogP contribution in [0.25, 0.3) is 0 Å². The summed E-state index contributed by atoms with van der Waals surface area (Å²) in [6, 6.07) is 6.32. The van der Waals surface area contributed by atoms with Crippen LogP contribution in [0.4, 0.5) is 0 Å². The second-order valence-electron chi connectivity index (χ2n) is 4.82. The van der Waals surface area contributed by atoms with Crippen LogP contribution in [0.1, 0.15) is 26.0 Å². The smallest absolute Gasteiger partial charge is 0.335 e. The average molecular weight is 311 g/mol. The quantitative estimate of drug-likeness (QED) is 0.378. The first kappa shape index (κ1) is 17.8. The molecule has 0 saturated heterocycles. The summed E-state index contributed by atoms with van der Waals surface area (Å²) in [6.45, 7) is 7.70. The summed E-state index contributed by atoms with van der Waals surface area (Å²) < 4.78 is 16.7. The Morgan fingerprint density at radius 2 is 1.95 bits per heavy atom. The maximum Gasteiger partial charge on any atom is 0.335 e. The lowest BCUT2D eigenvalue weighted by atomic mass is 10.3. The van der Waals surface area contributed by atoms with Crippen molar-refractivity contribution in [3.05, 3.63) is 30.1 Å². The van der Waals surface area contributed by atoms with Gasteiger partial charge in [0.1, 0.15) is 0 Å². The molecule has 1 aromatic heterocycles. The Kier molecular flexibility index (Phi) is 8.18. The lowest BCUT2D eigenvalue weighted by Crippen LogP contribution is -2.38. The molecular weight excluding hydrogens is 286 g/mol. The van der Waals surface area contributed by atoms with E-state index in [1.807, 2.05) is 32.0 Å². The SMILES string of the molecule is CCO[Si](C)(CCCOC(=O)Cc1ccccn1)OCC. The molecule has 5 nitrogen and oxygen atoms in total. The lowest BCUT2D eigenvalue weighted by Gasteiger charge is -2.25. The first-order valence-corrected chi connectivity index (χ1v) is 9.95. The Morgan fingerprint density at radius 1 is 1.24 bits per heavy atom. The van der Waals surface area contributed by atoms with Gasteiger partial charge in [-0.15, -0.1) is 0 Å². The van der Waals surface area contributed by atoms with Crippen molar-refractivity contribution in [2.45, 2.75) is 39.3 Å². The van der Waals surface area contributed by atoms with Crippen molar-refractivity contribution in [3.63, 3.8) is 0 Å². The minimum atomic E-state index is -2.10. The Hall–Kier alpha value is -1.24. The number of hydrogen-bond donors (Lipinski definition) is 0. The highest BCUT2D eigenvalue weighted by Crippen LogP contribution is 2.16. The lowest BCUT2D eigenvalue weighted by molar-refractivity contribution is -0.142. The fourth-order valence-electron chi connectivity index (χ4n) is 2.08. The van der Waals surface area contributed by atoms with Crippen molar-refractivity contribution in [2.75, 3.05) is 19.8 Å². The minimum absolute atomic E-state index is 0.215. The number of pyridine rings is 1. The summed E-state index contributed by atoms with van der Waals surface area (Å²) in [5.41, 5.74) is 0.727. The molecule has 0 fully saturated rings. The van der Waals surface area contributed by atoms with Crippen molar-refractivity contribution in [1.29, 1.82) is 0 Å². The van der Waals surface area contributed by atoms with Crippen LogP contribution in [-0.2, 0) is 24.8 Å². The van der Waals surface area contributed by atoms with Crippen LogP contribution >= 0.6 is 0 Å². The number of ether oxygens (including phenoxy) is 1. The van der Waals surface area contributed by atoms with Gasteiger partial charge in [0.05, 0.1) is 18.7 Å². The van der Waals surface area contributed by atoms with Crippen LogP contribution in [0.5, 0.6) is 0 Å². The van der Waals surface area contributed by atoms with Crippen molar-refractivity contribution >= 4 is 14.5 Å². The van der Waals surface area contributed by atoms with Crippen LogP contribution < -0.4 is 0 Å². The molecule has 0 aromatic carbocycles. The number of aromatic nitrogens is 1. The molecule has 1 rings (SSSR count). The van der Waals surface area contributed by atoms with Crippen molar-refractivity contribution in [2.24, 2.45) is 0 Å². The second kappa shape index (κ2) is 9.65. The molecule has 1 heterocycles. The van der Waals surface area contributed by atoms with Gasteiger partial charge in [-0.2, -0.15) is 0 Å². The predicted octanol–water partition coefficient (Wildman–Crippen LogP) is 2.70. The van der Waals surface area contributed by atoms with E-state index in [0.717, 1.165) is 18.2 Å². The van der Waals surface area contributed by atoms with Gasteiger partial charge < -0.3 is 13.6 Å². The molecule has 0 amide bonds. The van der Waals surface area contributed by atoms with Gasteiger partial charge in [-0.25, -0.2) is 0 Å². The third-order valence-corrected chi connectivity index (χ3v) is 6.05. The summed E-state index contributed by atoms with van der Waals surface area (Å²) in [7, 11) is -2.10. The maximum atomic E-state index is 11.7. The standard InChI is InChI=1S/C15H25NO4Si/c1-4-19-21(3,20-5-2)12-8-11-18-15(17)13-14-9-6-7-10-16-14/h6-7,9-10H,4-5,8,11-13H2,1-3H3. The molecule has 0 unspecified atom stereocenters. The van der Waals surface area contributed by atoms with Gasteiger partial charge >= 0.3 is 14.5 Å². The molecule has 6 heteroatoms. The van der Waals surface area contributed by atoms with E-state index < -0.39 is 8.56 Å². The van der Waals surface area contributed by atoms with E-state index in [0.29, 0.717) is 19.8 Å². The second-order valence-corrected chi connectivity index (χ2v) is 8.17. The Morgan fingerprint density at radius 3 is 2.52 bits per heavy atom. The summed E-state index contributed by atoms with van der Waals surface area (Å²) in [4.78, 5) is 15.8. The van der Waals surface area contributed by atoms with Gasteiger partial charge in [0.2, 0.25) is 0 Å². The number of rotatable bonds is 10. The molecule has 0 bridgehead atoms. The summed E-state index contributed by atoms with van der Waals surface area (Å²) >= 11 is 0. The molecule has 0 N–H and O–H groups in total. The van der Waals surface area contributed by atoms with Crippen LogP contribution in [0.3, 0.4) is 0 Å². The first-order valence-electron chi connectivity index (χ1n) is 7.43. The molecule has 0 aliphatic rings. The number of carbonyl (C=O) groups excluding carboxylic acids is 1. The Labute approximate surface area is 127 Å². The molecule has 0 radical (unpaired) electrons. The molecule has 0 atom stereocenters. The van der Waals surface area contributed by atoms with Crippen molar-refractivity contribution in [1.82, 2.24) is 4.98 Å². The zero-order valence-electron chi connectivity index (χ0n) is 13.1. The maximum absolute atomic E-state index is 11.7. The molecule has 118 valence electrons. The van der Waals surface area contributed by atoms with E-state index >= 15 is 0 Å². The highest BCUT2D eigenvalue weighted by molar-refractivity contribution is 6.66. The number of nitrogens with zero attached hydrogens (tertiary/aromatic N) is 1. The largest absolute Gasteiger partial charge is 0.465 e. The van der Waals surface area contributed by atoms with E-state index in [4.69, 9.17) is 13.6 Å². The van der Waals surface area contributed by atoms with Crippen LogP contribution in [-0.4, -0.2) is 39.3 Å². The van der Waals surface area contributed by atoms with Crippen molar-refractivity contribution in [3.8, 4) is 0 Å². The Bertz CT molecular complexity index is 407. The molecular formula is C15H25NO4Si. The van der Waals surface area contributed by atoms with Crippen molar-refractivity contribution < 1.29 is 18.4 Å². The molecule has 0 spiro atoms. The normalized spacial score (nSPS) is 11.4. The van der Waals surface area contributed by atoms with Gasteiger partial charge in [0.25, 0.3) is 0 Å². The summed E-state index contributed by atoms with van der Waals surface area (Å²) in [6.07, 6.45) is 2.65. The minimum Gasteiger partial charge on any atom is -0.465 e. The number of esters is 1. The van der Waals surface area contributed by atoms with Gasteiger partial charge in [0, 0.05) is 19.4 Å². The summed E-state index contributed by atoms with van der Waals surface area (Å²) in [5, 5.41) is 0. The van der Waals surface area contributed by atoms with E-state index in [-0.39, 0.29) is 12.4 Å². The van der Waals surface area contributed by atoms with Crippen LogP contribution in [0.15, 0.2) is 24.4 Å². The number of carbonyl (C=O) groups is 1. The Balaban J connectivity index is 2.25. The zero-order valence-corrected chi connectivity index (χ0v) is 14.1. The predicted molar refractivity (Wildman–Crippen MR) is 83.2 cm³/mol. The van der Waals surface area contributed by atoms with Gasteiger partial charge in [-0.05, 0) is 45.0 Å². The van der Waals surface area contributed by atoms with Gasteiger partial charge in [-0.1, -0.05) is 6.07 Å². The molecule has 21 heavy (non-hydrogen) atoms. The third kappa shape index (κ3) is 7.36. The summed E-state index contributed by atoms with van der Waals surface area (Å²) in [5.74, 6) is -0.245. The van der Waals surface area contributed by atoms with Gasteiger partial charge in [-0.3, -0.25) is 9.78 Å². The number of hydrogen-bond acceptors (Lipinski definition) is 5. The third-order valence-electron chi connectivity index (χ3n) is 2.99. The van der Waals surface area contributed by atoms with E-state index in [1.54, 1.807) is 6.20 Å². The molecule has 0 saturated carbocycles. The molecule has 1 aromatic rings. The topological polar surface area (TPSA) is 57.7 Å². The highest BCUT2D eigenvalue weighted by Gasteiger charge is 2.30. The monoisotopic (exact) mass is 311 g/mol. The van der Waals surface area contributed by atoms with Crippen LogP contribution in [0, 0.1) is 0 Å². The molecule has 0 aliphatic heterocycles.